The van der Waals surface area contributed by atoms with Crippen molar-refractivity contribution in [3.8, 4) is 0 Å². The maximum absolute atomic E-state index is 14.5. The molecule has 9 N–H and O–H groups in total. The van der Waals surface area contributed by atoms with Gasteiger partial charge in [0.25, 0.3) is 5.56 Å². The molecule has 22 nitrogen and oxygen atoms in total. The number of hydrogen-bond donors (Lipinski definition) is 9. The van der Waals surface area contributed by atoms with Crippen molar-refractivity contribution in [1.82, 2.24) is 25.1 Å². The van der Waals surface area contributed by atoms with Gasteiger partial charge in [0.05, 0.1) is 60.3 Å². The van der Waals surface area contributed by atoms with Gasteiger partial charge in [-0.25, -0.2) is 9.59 Å². The number of aryl methyl sites for hydroxylation is 1. The van der Waals surface area contributed by atoms with Crippen LogP contribution >= 0.6 is 0 Å². The van der Waals surface area contributed by atoms with Crippen molar-refractivity contribution in [3.63, 3.8) is 0 Å². The number of likely N-dealkylation sites (N-methyl/N-ethyl adjacent to an activating group) is 1. The van der Waals surface area contributed by atoms with Gasteiger partial charge in [-0.3, -0.25) is 19.1 Å². The number of rotatable bonds is 11. The lowest BCUT2D eigenvalue weighted by Crippen LogP contribution is -2.63. The van der Waals surface area contributed by atoms with Crippen LogP contribution in [0.5, 0.6) is 0 Å². The Morgan fingerprint density at radius 1 is 0.929 bits per heavy atom. The van der Waals surface area contributed by atoms with Gasteiger partial charge in [-0.15, -0.1) is 0 Å². The first-order chi connectivity index (χ1) is 32.5. The van der Waals surface area contributed by atoms with Crippen LogP contribution in [0.2, 0.25) is 0 Å². The Balaban J connectivity index is 1.57. The summed E-state index contributed by atoms with van der Waals surface area (Å²) >= 11 is 0. The van der Waals surface area contributed by atoms with Gasteiger partial charge in [-0.05, 0) is 87.7 Å². The molecule has 0 bridgehead atoms. The summed E-state index contributed by atoms with van der Waals surface area (Å²) in [5.41, 5.74) is -6.19. The van der Waals surface area contributed by atoms with E-state index >= 15 is 0 Å². The third-order valence-corrected chi connectivity index (χ3v) is 15.6. The molecule has 2 unspecified atom stereocenters. The van der Waals surface area contributed by atoms with Gasteiger partial charge in [0.2, 0.25) is 0 Å². The number of aliphatic hydroxyl groups excluding tert-OH is 4. The molecule has 0 aliphatic carbocycles. The normalized spacial score (nSPS) is 44.6. The number of H-pyrrole nitrogens is 1. The lowest BCUT2D eigenvalue weighted by Gasteiger charge is -2.49. The number of nitrogens with zero attached hydrogens (tertiary/aromatic N) is 2. The number of aromatic nitrogens is 2. The van der Waals surface area contributed by atoms with E-state index in [-0.39, 0.29) is 37.4 Å². The first kappa shape index (κ1) is 57.8. The summed E-state index contributed by atoms with van der Waals surface area (Å²) < 4.78 is 45.0. The van der Waals surface area contributed by atoms with E-state index in [2.05, 4.69) is 15.6 Å². The van der Waals surface area contributed by atoms with Gasteiger partial charge in [0.1, 0.15) is 36.2 Å². The van der Waals surface area contributed by atoms with Gasteiger partial charge in [0.15, 0.2) is 12.6 Å². The maximum atomic E-state index is 14.5. The minimum absolute atomic E-state index is 0.0203. The van der Waals surface area contributed by atoms with Crippen molar-refractivity contribution < 1.29 is 73.4 Å². The van der Waals surface area contributed by atoms with Crippen LogP contribution in [0.1, 0.15) is 113 Å². The summed E-state index contributed by atoms with van der Waals surface area (Å²) in [7, 11) is 5.12. The van der Waals surface area contributed by atoms with Crippen molar-refractivity contribution in [2.75, 3.05) is 27.8 Å². The number of aliphatic hydroxyl groups is 6. The predicted octanol–water partition coefficient (Wildman–Crippen LogP) is 0.391. The summed E-state index contributed by atoms with van der Waals surface area (Å²) in [6, 6.07) is -3.07. The fourth-order valence-corrected chi connectivity index (χ4v) is 11.3. The molecule has 4 saturated heterocycles. The van der Waals surface area contributed by atoms with Crippen LogP contribution in [0.3, 0.4) is 0 Å². The lowest BCUT2D eigenvalue weighted by molar-refractivity contribution is -0.318. The third kappa shape index (κ3) is 12.4. The van der Waals surface area contributed by atoms with E-state index in [0.29, 0.717) is 6.42 Å². The van der Waals surface area contributed by atoms with E-state index in [0.717, 1.165) is 0 Å². The molecule has 5 rings (SSSR count). The maximum Gasteiger partial charge on any atom is 0.330 e. The SMILES string of the molecule is CCC1OC(=O)[C@H](C)C(O[C@H]2C[C@@](C)(OC)[C@@H](O)[C@H](C)O2)[C@H](C)[C@@H](O[C@@H]2O[C@H](C)C[C@H](N(C)C)[C@H]2O)[C@](C)(O)C[C@@H](C)[C@H](NC(=O)N[C@H]2C[C@H](n3cc(C)c(=O)[nH]c3=O)O[C@@H]2CO)[C@H](C)[C@@H](O)[C@]1(C)O. The molecule has 0 radical (unpaired) electrons. The Kier molecular flexibility index (Phi) is 19.0. The van der Waals surface area contributed by atoms with Crippen LogP contribution in [0.15, 0.2) is 15.8 Å². The Hall–Kier alpha value is -3.10. The summed E-state index contributed by atoms with van der Waals surface area (Å²) in [6.07, 6.45) is -11.3. The molecule has 0 aromatic carbocycles. The Morgan fingerprint density at radius 2 is 1.59 bits per heavy atom. The van der Waals surface area contributed by atoms with Crippen LogP contribution in [-0.2, 0) is 38.0 Å². The van der Waals surface area contributed by atoms with E-state index < -0.39 is 156 Å². The second-order valence-corrected chi connectivity index (χ2v) is 21.5. The molecule has 0 spiro atoms. The molecule has 22 heteroatoms. The van der Waals surface area contributed by atoms with Crippen LogP contribution in [0, 0.1) is 30.6 Å². The van der Waals surface area contributed by atoms with Crippen LogP contribution in [0.4, 0.5) is 4.79 Å². The number of methoxy groups -OCH3 is 1. The van der Waals surface area contributed by atoms with Crippen molar-refractivity contribution in [2.24, 2.45) is 23.7 Å². The van der Waals surface area contributed by atoms with Gasteiger partial charge in [0, 0.05) is 55.6 Å². The Morgan fingerprint density at radius 3 is 2.19 bits per heavy atom. The smallest absolute Gasteiger partial charge is 0.330 e. The highest BCUT2D eigenvalue weighted by Gasteiger charge is 2.54. The summed E-state index contributed by atoms with van der Waals surface area (Å²) in [5, 5.41) is 76.4. The topological polar surface area (TPSA) is 302 Å². The van der Waals surface area contributed by atoms with E-state index in [4.69, 9.17) is 33.2 Å². The first-order valence-corrected chi connectivity index (χ1v) is 24.7. The number of carbonyl (C=O) groups is 2. The third-order valence-electron chi connectivity index (χ3n) is 15.6. The van der Waals surface area contributed by atoms with Gasteiger partial charge < -0.3 is 79.3 Å². The highest BCUT2D eigenvalue weighted by atomic mass is 16.7. The number of esters is 1. The second kappa shape index (κ2) is 23.0. The molecule has 22 atom stereocenters. The average Bonchev–Trinajstić information content (AvgIpc) is 3.69. The van der Waals surface area contributed by atoms with Gasteiger partial charge in [-0.2, -0.15) is 0 Å². The number of carbonyl (C=O) groups excluding carboxylic acids is 2. The van der Waals surface area contributed by atoms with E-state index in [1.54, 1.807) is 48.5 Å². The van der Waals surface area contributed by atoms with Crippen LogP contribution in [-0.4, -0.2) is 187 Å². The summed E-state index contributed by atoms with van der Waals surface area (Å²) in [4.78, 5) is 57.7. The fraction of sp³-hybridized carbons (Fsp3) is 0.875. The standard InChI is InChI=1S/C48H83N5O17/c1-15-32-48(11,63)38(56)25(5)35(50-44(60)49-29-17-33(67-31(29)21-54)53-20-23(3)41(58)51-45(53)61)22(2)18-46(9,62)40(70-43-36(55)30(52(12)13)16-24(4)65-43)26(6)37(27(7)42(59)68-32)69-34-19-47(10,64-14)39(57)28(8)66-34/h20,22,24-40,43,54-57,62-63H,15-19,21H2,1-14H3,(H2,49,50,60)(H,51,58,61)/t22-,24-,25+,26+,27-,28+,29+,30+,31-,32?,33-,34+,35+,36-,37?,38-,39+,40-,43+,46-,47-,48-/m1/s1. The zero-order chi connectivity index (χ0) is 52.5. The van der Waals surface area contributed by atoms with Gasteiger partial charge in [-0.1, -0.05) is 27.7 Å². The molecular weight excluding hydrogens is 919 g/mol. The van der Waals surface area contributed by atoms with Gasteiger partial charge >= 0.3 is 17.7 Å². The molecule has 4 fully saturated rings. The number of ether oxygens (including phenoxy) is 7. The quantitative estimate of drug-likeness (QED) is 0.136. The van der Waals surface area contributed by atoms with Crippen molar-refractivity contribution in [3.05, 3.63) is 32.6 Å². The van der Waals surface area contributed by atoms with E-state index in [1.165, 1.54) is 38.6 Å². The molecule has 70 heavy (non-hydrogen) atoms. The fourth-order valence-electron chi connectivity index (χ4n) is 11.3. The van der Waals surface area contributed by atoms with Crippen molar-refractivity contribution in [1.29, 1.82) is 0 Å². The average molecular weight is 1000 g/mol. The molecular formula is C48H83N5O17. The zero-order valence-corrected chi connectivity index (χ0v) is 43.4. The van der Waals surface area contributed by atoms with Crippen molar-refractivity contribution >= 4 is 12.0 Å². The highest BCUT2D eigenvalue weighted by molar-refractivity contribution is 5.75. The largest absolute Gasteiger partial charge is 0.459 e. The molecule has 4 aliphatic rings. The number of aromatic amines is 1. The minimum Gasteiger partial charge on any atom is -0.459 e. The van der Waals surface area contributed by atoms with Crippen LogP contribution < -0.4 is 21.9 Å². The van der Waals surface area contributed by atoms with E-state index in [9.17, 15) is 49.8 Å². The monoisotopic (exact) mass is 1000 g/mol. The number of urea groups is 1. The molecule has 1 aromatic heterocycles. The van der Waals surface area contributed by atoms with Crippen LogP contribution in [0.25, 0.3) is 0 Å². The molecule has 1 aromatic rings. The summed E-state index contributed by atoms with van der Waals surface area (Å²) in [5.74, 6) is -4.65. The Bertz CT molecular complexity index is 2040. The number of cyclic esters (lactones) is 1. The number of hydrogen-bond acceptors (Lipinski definition) is 18. The molecule has 5 heterocycles. The van der Waals surface area contributed by atoms with Crippen molar-refractivity contribution in [2.45, 2.75) is 217 Å². The lowest BCUT2D eigenvalue weighted by atomic mass is 9.72. The summed E-state index contributed by atoms with van der Waals surface area (Å²) in [6.45, 7) is 17.4. The number of nitrogens with one attached hydrogen (secondary N) is 3. The molecule has 4 aliphatic heterocycles. The molecule has 402 valence electrons. The highest BCUT2D eigenvalue weighted by Crippen LogP contribution is 2.41. The predicted molar refractivity (Wildman–Crippen MR) is 252 cm³/mol. The second-order valence-electron chi connectivity index (χ2n) is 21.5. The molecule has 2 amide bonds. The molecule has 0 saturated carbocycles. The Labute approximate surface area is 410 Å². The first-order valence-electron chi connectivity index (χ1n) is 24.7. The number of amides is 2. The minimum atomic E-state index is -2.11. The zero-order valence-electron chi connectivity index (χ0n) is 43.4. The van der Waals surface area contributed by atoms with E-state index in [1.807, 2.05) is 25.9 Å².